The number of primary amides is 1. The van der Waals surface area contributed by atoms with Crippen molar-refractivity contribution >= 4 is 15.9 Å². The van der Waals surface area contributed by atoms with E-state index in [2.05, 4.69) is 0 Å². The monoisotopic (exact) mass is 266 g/mol. The number of aryl methyl sites for hydroxylation is 1. The van der Waals surface area contributed by atoms with Crippen LogP contribution in [-0.2, 0) is 14.8 Å². The van der Waals surface area contributed by atoms with Crippen LogP contribution in [0.3, 0.4) is 0 Å². The van der Waals surface area contributed by atoms with Gasteiger partial charge in [0.25, 0.3) is 0 Å². The quantitative estimate of drug-likeness (QED) is 0.860. The number of nitrogens with two attached hydrogens (primary N) is 1. The Kier molecular flexibility index (Phi) is 3.23. The maximum atomic E-state index is 12.3. The summed E-state index contributed by atoms with van der Waals surface area (Å²) in [5.41, 5.74) is 6.35. The maximum absolute atomic E-state index is 12.3. The third-order valence-electron chi connectivity index (χ3n) is 2.83. The Morgan fingerprint density at radius 1 is 1.39 bits per heavy atom. The lowest BCUT2D eigenvalue weighted by Gasteiger charge is -2.16. The molecule has 0 aromatic heterocycles. The fourth-order valence-corrected chi connectivity index (χ4v) is 3.28. The maximum Gasteiger partial charge on any atom is 0.245 e. The van der Waals surface area contributed by atoms with Gasteiger partial charge in [-0.15, -0.1) is 0 Å². The van der Waals surface area contributed by atoms with Crippen molar-refractivity contribution in [3.8, 4) is 0 Å². The molecule has 0 radical (unpaired) electrons. The number of nitrogens with zero attached hydrogens (tertiary/aromatic N) is 1. The number of hydrogen-bond donors (Lipinski definition) is 1. The smallest absolute Gasteiger partial charge is 0.245 e. The minimum absolute atomic E-state index is 0.0472. The number of hydrogen-bond acceptors (Lipinski definition) is 3. The third-order valence-corrected chi connectivity index (χ3v) is 4.64. The number of carbonyl (C=O) groups is 1. The number of rotatable bonds is 3. The first-order chi connectivity index (χ1) is 8.41. The van der Waals surface area contributed by atoms with Crippen molar-refractivity contribution in [1.29, 1.82) is 0 Å². The van der Waals surface area contributed by atoms with Gasteiger partial charge in [0.1, 0.15) is 0 Å². The first-order valence-corrected chi connectivity index (χ1v) is 6.91. The van der Waals surface area contributed by atoms with E-state index >= 15 is 0 Å². The van der Waals surface area contributed by atoms with E-state index in [4.69, 9.17) is 5.73 Å². The summed E-state index contributed by atoms with van der Waals surface area (Å²) in [6.07, 6.45) is 1.55. The van der Waals surface area contributed by atoms with E-state index in [1.165, 1.54) is 4.31 Å². The fraction of sp³-hybridized carbons (Fsp3) is 0.250. The molecule has 18 heavy (non-hydrogen) atoms. The average molecular weight is 266 g/mol. The third kappa shape index (κ3) is 2.30. The molecule has 1 aliphatic rings. The SMILES string of the molecule is Cc1cccc(S(=O)(=O)N2CC=C(C(N)=O)C2)c1. The first-order valence-electron chi connectivity index (χ1n) is 5.47. The lowest BCUT2D eigenvalue weighted by atomic mass is 10.2. The van der Waals surface area contributed by atoms with Gasteiger partial charge in [-0.05, 0) is 24.6 Å². The van der Waals surface area contributed by atoms with Crippen LogP contribution in [0.1, 0.15) is 5.56 Å². The normalized spacial score (nSPS) is 16.6. The zero-order valence-corrected chi connectivity index (χ0v) is 10.8. The molecule has 2 N–H and O–H groups in total. The van der Waals surface area contributed by atoms with E-state index in [-0.39, 0.29) is 18.0 Å². The molecule has 1 aromatic rings. The molecule has 1 heterocycles. The molecule has 0 saturated carbocycles. The van der Waals surface area contributed by atoms with Gasteiger partial charge >= 0.3 is 0 Å². The zero-order chi connectivity index (χ0) is 13.3. The highest BCUT2D eigenvalue weighted by atomic mass is 32.2. The number of carbonyl (C=O) groups excluding carboxylic acids is 1. The fourth-order valence-electron chi connectivity index (χ4n) is 1.82. The Bertz CT molecular complexity index is 620. The van der Waals surface area contributed by atoms with Crippen LogP contribution in [-0.4, -0.2) is 31.7 Å². The minimum atomic E-state index is -3.55. The topological polar surface area (TPSA) is 80.5 Å². The molecule has 5 nitrogen and oxygen atoms in total. The molecule has 0 aliphatic carbocycles. The highest BCUT2D eigenvalue weighted by molar-refractivity contribution is 7.89. The van der Waals surface area contributed by atoms with Crippen molar-refractivity contribution in [1.82, 2.24) is 4.31 Å². The average Bonchev–Trinajstić information content (AvgIpc) is 2.79. The van der Waals surface area contributed by atoms with Gasteiger partial charge < -0.3 is 5.73 Å². The van der Waals surface area contributed by atoms with E-state index in [0.717, 1.165) is 5.56 Å². The molecule has 1 aliphatic heterocycles. The Labute approximate surface area is 106 Å². The summed E-state index contributed by atoms with van der Waals surface area (Å²) in [5.74, 6) is -0.572. The van der Waals surface area contributed by atoms with Crippen LogP contribution >= 0.6 is 0 Å². The van der Waals surface area contributed by atoms with Gasteiger partial charge in [0.05, 0.1) is 4.90 Å². The van der Waals surface area contributed by atoms with E-state index < -0.39 is 15.9 Å². The lowest BCUT2D eigenvalue weighted by molar-refractivity contribution is -0.114. The summed E-state index contributed by atoms with van der Waals surface area (Å²) < 4.78 is 25.8. The summed E-state index contributed by atoms with van der Waals surface area (Å²) in [7, 11) is -3.55. The molecular weight excluding hydrogens is 252 g/mol. The second-order valence-corrected chi connectivity index (χ2v) is 6.15. The summed E-state index contributed by atoms with van der Waals surface area (Å²) >= 11 is 0. The number of amides is 1. The Morgan fingerprint density at radius 3 is 2.67 bits per heavy atom. The van der Waals surface area contributed by atoms with E-state index in [0.29, 0.717) is 5.57 Å². The Balaban J connectivity index is 2.27. The molecule has 0 saturated heterocycles. The molecule has 6 heteroatoms. The van der Waals surface area contributed by atoms with E-state index in [1.54, 1.807) is 24.3 Å². The molecule has 96 valence electrons. The highest BCUT2D eigenvalue weighted by Gasteiger charge is 2.29. The van der Waals surface area contributed by atoms with Gasteiger partial charge in [-0.25, -0.2) is 8.42 Å². The van der Waals surface area contributed by atoms with Crippen molar-refractivity contribution in [3.05, 3.63) is 41.5 Å². The van der Waals surface area contributed by atoms with Gasteiger partial charge in [0.15, 0.2) is 0 Å². The predicted octanol–water partition coefficient (Wildman–Crippen LogP) is 0.411. The molecule has 2 rings (SSSR count). The van der Waals surface area contributed by atoms with Crippen molar-refractivity contribution in [3.63, 3.8) is 0 Å². The molecule has 1 aromatic carbocycles. The second-order valence-electron chi connectivity index (χ2n) is 4.21. The molecule has 0 atom stereocenters. The molecule has 0 bridgehead atoms. The van der Waals surface area contributed by atoms with E-state index in [9.17, 15) is 13.2 Å². The first kappa shape index (κ1) is 12.8. The zero-order valence-electron chi connectivity index (χ0n) is 9.96. The van der Waals surface area contributed by atoms with Crippen LogP contribution in [0.4, 0.5) is 0 Å². The lowest BCUT2D eigenvalue weighted by Crippen LogP contribution is -2.30. The Morgan fingerprint density at radius 2 is 2.11 bits per heavy atom. The summed E-state index contributed by atoms with van der Waals surface area (Å²) in [4.78, 5) is 11.2. The molecule has 0 unspecified atom stereocenters. The van der Waals surface area contributed by atoms with Crippen molar-refractivity contribution < 1.29 is 13.2 Å². The van der Waals surface area contributed by atoms with Crippen LogP contribution in [0.2, 0.25) is 0 Å². The largest absolute Gasteiger partial charge is 0.366 e. The standard InChI is InChI=1S/C12H14N2O3S/c1-9-3-2-4-11(7-9)18(16,17)14-6-5-10(8-14)12(13)15/h2-5,7H,6,8H2,1H3,(H2,13,15). The van der Waals surface area contributed by atoms with Crippen molar-refractivity contribution in [2.75, 3.05) is 13.1 Å². The van der Waals surface area contributed by atoms with Gasteiger partial charge in [-0.1, -0.05) is 18.2 Å². The van der Waals surface area contributed by atoms with Crippen LogP contribution in [0.15, 0.2) is 40.8 Å². The second kappa shape index (κ2) is 4.55. The molecule has 0 spiro atoms. The highest BCUT2D eigenvalue weighted by Crippen LogP contribution is 2.21. The minimum Gasteiger partial charge on any atom is -0.366 e. The van der Waals surface area contributed by atoms with Crippen LogP contribution in [0.5, 0.6) is 0 Å². The van der Waals surface area contributed by atoms with Gasteiger partial charge in [-0.2, -0.15) is 4.31 Å². The van der Waals surface area contributed by atoms with Gasteiger partial charge in [0, 0.05) is 18.7 Å². The molecular formula is C12H14N2O3S. The summed E-state index contributed by atoms with van der Waals surface area (Å²) in [6.45, 7) is 2.07. The van der Waals surface area contributed by atoms with Gasteiger partial charge in [-0.3, -0.25) is 4.79 Å². The summed E-state index contributed by atoms with van der Waals surface area (Å²) in [6, 6.07) is 6.68. The van der Waals surface area contributed by atoms with Crippen molar-refractivity contribution in [2.24, 2.45) is 5.73 Å². The predicted molar refractivity (Wildman–Crippen MR) is 67.2 cm³/mol. The van der Waals surface area contributed by atoms with Crippen molar-refractivity contribution in [2.45, 2.75) is 11.8 Å². The Hall–Kier alpha value is -1.66. The van der Waals surface area contributed by atoms with Crippen LogP contribution in [0.25, 0.3) is 0 Å². The summed E-state index contributed by atoms with van der Waals surface area (Å²) in [5, 5.41) is 0. The van der Waals surface area contributed by atoms with E-state index in [1.807, 2.05) is 13.0 Å². The number of sulfonamides is 1. The molecule has 0 fully saturated rings. The van der Waals surface area contributed by atoms with Crippen LogP contribution in [0, 0.1) is 6.92 Å². The molecule has 1 amide bonds. The van der Waals surface area contributed by atoms with Crippen LogP contribution < -0.4 is 5.73 Å². The van der Waals surface area contributed by atoms with Gasteiger partial charge in [0.2, 0.25) is 15.9 Å². The number of benzene rings is 1.